The maximum Gasteiger partial charge on any atom is 0.243 e. The van der Waals surface area contributed by atoms with Crippen LogP contribution in [-0.4, -0.2) is 12.5 Å². The molecule has 1 aromatic rings. The molecule has 1 amide bonds. The molecule has 0 unspecified atom stereocenters. The highest BCUT2D eigenvalue weighted by atomic mass is 35.5. The first kappa shape index (κ1) is 20.8. The van der Waals surface area contributed by atoms with Gasteiger partial charge in [0.15, 0.2) is 0 Å². The number of nitrogens with one attached hydrogen (secondary N) is 1. The van der Waals surface area contributed by atoms with Gasteiger partial charge in [-0.2, -0.15) is 0 Å². The molecule has 1 N–H and O–H groups in total. The predicted molar refractivity (Wildman–Crippen MR) is 105 cm³/mol. The second-order valence-electron chi connectivity index (χ2n) is 6.36. The van der Waals surface area contributed by atoms with Gasteiger partial charge < -0.3 is 5.32 Å². The lowest BCUT2D eigenvalue weighted by Crippen LogP contribution is -2.21. The summed E-state index contributed by atoms with van der Waals surface area (Å²) >= 11 is 5.91. The summed E-state index contributed by atoms with van der Waals surface area (Å²) < 4.78 is 0. The number of hydrogen-bond donors (Lipinski definition) is 1. The molecule has 0 fully saturated rings. The van der Waals surface area contributed by atoms with Gasteiger partial charge in [-0.05, 0) is 30.2 Å². The van der Waals surface area contributed by atoms with Gasteiger partial charge in [0.1, 0.15) is 0 Å². The fraction of sp³-hybridized carbons (Fsp3) is 0.571. The third-order valence-corrected chi connectivity index (χ3v) is 4.34. The fourth-order valence-electron chi connectivity index (χ4n) is 2.67. The Morgan fingerprint density at radius 2 is 1.62 bits per heavy atom. The molecule has 3 heteroatoms. The first-order valence-corrected chi connectivity index (χ1v) is 9.81. The second kappa shape index (κ2) is 14.1. The van der Waals surface area contributed by atoms with Gasteiger partial charge in [-0.3, -0.25) is 4.79 Å². The van der Waals surface area contributed by atoms with Crippen LogP contribution in [0.1, 0.15) is 76.7 Å². The van der Waals surface area contributed by atoms with Crippen molar-refractivity contribution in [1.82, 2.24) is 5.32 Å². The Balaban J connectivity index is 1.96. The van der Waals surface area contributed by atoms with Crippen molar-refractivity contribution in [2.24, 2.45) is 0 Å². The average Bonchev–Trinajstić information content (AvgIpc) is 2.58. The van der Waals surface area contributed by atoms with Gasteiger partial charge in [0, 0.05) is 17.6 Å². The zero-order chi connectivity index (χ0) is 17.5. The third kappa shape index (κ3) is 11.3. The van der Waals surface area contributed by atoms with Crippen LogP contribution in [0.3, 0.4) is 0 Å². The summed E-state index contributed by atoms with van der Waals surface area (Å²) in [6.45, 7) is 3.01. The Hall–Kier alpha value is -1.28. The topological polar surface area (TPSA) is 29.1 Å². The van der Waals surface area contributed by atoms with Crippen molar-refractivity contribution < 1.29 is 4.79 Å². The van der Waals surface area contributed by atoms with E-state index in [-0.39, 0.29) is 5.91 Å². The Kier molecular flexibility index (Phi) is 12.2. The van der Waals surface area contributed by atoms with E-state index in [1.807, 2.05) is 24.3 Å². The van der Waals surface area contributed by atoms with E-state index in [1.54, 1.807) is 12.2 Å². The molecule has 0 aliphatic rings. The summed E-state index contributed by atoms with van der Waals surface area (Å²) in [6, 6.07) is 7.47. The number of carbonyl (C=O) groups is 1. The molecule has 0 radical (unpaired) electrons. The van der Waals surface area contributed by atoms with Gasteiger partial charge in [-0.15, -0.1) is 0 Å². The van der Waals surface area contributed by atoms with Crippen molar-refractivity contribution in [1.29, 1.82) is 0 Å². The molecule has 1 rings (SSSR count). The lowest BCUT2D eigenvalue weighted by Gasteiger charge is -2.03. The molecule has 1 aromatic carbocycles. The average molecular weight is 350 g/mol. The monoisotopic (exact) mass is 349 g/mol. The highest BCUT2D eigenvalue weighted by Gasteiger charge is 1.96. The number of hydrogen-bond acceptors (Lipinski definition) is 1. The molecule has 0 saturated carbocycles. The SMILES string of the molecule is CCCCCCCCCCCCNC(=O)C=Cc1cccc(Cl)c1. The Bertz CT molecular complexity index is 484. The first-order valence-electron chi connectivity index (χ1n) is 9.44. The van der Waals surface area contributed by atoms with Gasteiger partial charge in [-0.1, -0.05) is 88.4 Å². The van der Waals surface area contributed by atoms with Gasteiger partial charge in [-0.25, -0.2) is 0 Å². The standard InChI is InChI=1S/C21H32ClNO/c1-2-3-4-5-6-7-8-9-10-11-17-23-21(24)16-15-19-13-12-14-20(22)18-19/h12-16,18H,2-11,17H2,1H3,(H,23,24). The minimum absolute atomic E-state index is 0.0362. The lowest BCUT2D eigenvalue weighted by molar-refractivity contribution is -0.116. The predicted octanol–water partition coefficient (Wildman–Crippen LogP) is 6.39. The van der Waals surface area contributed by atoms with E-state index in [1.165, 1.54) is 57.8 Å². The molecule has 0 aliphatic carbocycles. The van der Waals surface area contributed by atoms with Crippen LogP contribution in [-0.2, 0) is 4.79 Å². The highest BCUT2D eigenvalue weighted by Crippen LogP contribution is 2.12. The van der Waals surface area contributed by atoms with E-state index in [2.05, 4.69) is 12.2 Å². The van der Waals surface area contributed by atoms with Gasteiger partial charge in [0.2, 0.25) is 5.91 Å². The lowest BCUT2D eigenvalue weighted by atomic mass is 10.1. The molecule has 0 heterocycles. The zero-order valence-electron chi connectivity index (χ0n) is 15.0. The van der Waals surface area contributed by atoms with Crippen molar-refractivity contribution in [2.45, 2.75) is 71.1 Å². The Morgan fingerprint density at radius 1 is 1.00 bits per heavy atom. The molecule has 24 heavy (non-hydrogen) atoms. The molecular formula is C21H32ClNO. The van der Waals surface area contributed by atoms with Crippen molar-refractivity contribution in [3.05, 3.63) is 40.9 Å². The molecule has 0 spiro atoms. The normalized spacial score (nSPS) is 11.1. The number of unbranched alkanes of at least 4 members (excludes halogenated alkanes) is 9. The summed E-state index contributed by atoms with van der Waals surface area (Å²) in [7, 11) is 0. The van der Waals surface area contributed by atoms with Gasteiger partial charge in [0.25, 0.3) is 0 Å². The van der Waals surface area contributed by atoms with Crippen LogP contribution in [0.4, 0.5) is 0 Å². The Morgan fingerprint density at radius 3 is 2.25 bits per heavy atom. The molecule has 0 atom stereocenters. The summed E-state index contributed by atoms with van der Waals surface area (Å²) in [5.74, 6) is -0.0362. The number of rotatable bonds is 13. The van der Waals surface area contributed by atoms with Gasteiger partial charge >= 0.3 is 0 Å². The van der Waals surface area contributed by atoms with Crippen molar-refractivity contribution in [3.8, 4) is 0 Å². The summed E-state index contributed by atoms with van der Waals surface area (Å²) in [6.07, 6.45) is 16.5. The molecule has 134 valence electrons. The molecule has 2 nitrogen and oxygen atoms in total. The maximum atomic E-state index is 11.7. The minimum Gasteiger partial charge on any atom is -0.353 e. The van der Waals surface area contributed by atoms with E-state index < -0.39 is 0 Å². The van der Waals surface area contributed by atoms with Crippen molar-refractivity contribution in [2.75, 3.05) is 6.54 Å². The number of benzene rings is 1. The second-order valence-corrected chi connectivity index (χ2v) is 6.80. The van der Waals surface area contributed by atoms with Crippen LogP contribution in [0.5, 0.6) is 0 Å². The first-order chi connectivity index (χ1) is 11.7. The van der Waals surface area contributed by atoms with Crippen LogP contribution in [0.2, 0.25) is 5.02 Å². The zero-order valence-corrected chi connectivity index (χ0v) is 15.8. The van der Waals surface area contributed by atoms with E-state index in [0.29, 0.717) is 5.02 Å². The quantitative estimate of drug-likeness (QED) is 0.324. The largest absolute Gasteiger partial charge is 0.353 e. The highest BCUT2D eigenvalue weighted by molar-refractivity contribution is 6.30. The van der Waals surface area contributed by atoms with E-state index >= 15 is 0 Å². The maximum absolute atomic E-state index is 11.7. The third-order valence-electron chi connectivity index (χ3n) is 4.11. The number of carbonyl (C=O) groups excluding carboxylic acids is 1. The van der Waals surface area contributed by atoms with E-state index in [9.17, 15) is 4.79 Å². The van der Waals surface area contributed by atoms with Crippen LogP contribution < -0.4 is 5.32 Å². The smallest absolute Gasteiger partial charge is 0.243 e. The molecule has 0 saturated heterocycles. The van der Waals surface area contributed by atoms with Crippen LogP contribution >= 0.6 is 11.6 Å². The fourth-order valence-corrected chi connectivity index (χ4v) is 2.86. The molecule has 0 aromatic heterocycles. The van der Waals surface area contributed by atoms with Gasteiger partial charge in [0.05, 0.1) is 0 Å². The molecule has 0 aliphatic heterocycles. The number of halogens is 1. The van der Waals surface area contributed by atoms with E-state index in [0.717, 1.165) is 18.5 Å². The van der Waals surface area contributed by atoms with Crippen LogP contribution in [0.25, 0.3) is 6.08 Å². The van der Waals surface area contributed by atoms with Crippen LogP contribution in [0, 0.1) is 0 Å². The van der Waals surface area contributed by atoms with Crippen LogP contribution in [0.15, 0.2) is 30.3 Å². The Labute approximate surface area is 152 Å². The van der Waals surface area contributed by atoms with Crippen molar-refractivity contribution in [3.63, 3.8) is 0 Å². The number of amides is 1. The van der Waals surface area contributed by atoms with E-state index in [4.69, 9.17) is 11.6 Å². The summed E-state index contributed by atoms with van der Waals surface area (Å²) in [4.78, 5) is 11.7. The van der Waals surface area contributed by atoms with Crippen molar-refractivity contribution >= 4 is 23.6 Å². The summed E-state index contributed by atoms with van der Waals surface area (Å²) in [5.41, 5.74) is 0.941. The molecular weight excluding hydrogens is 318 g/mol. The summed E-state index contributed by atoms with van der Waals surface area (Å²) in [5, 5.41) is 3.62. The molecule has 0 bridgehead atoms. The minimum atomic E-state index is -0.0362.